The molecule has 0 aromatic heterocycles. The number of rotatable bonds is 14. The summed E-state index contributed by atoms with van der Waals surface area (Å²) in [7, 11) is 0. The summed E-state index contributed by atoms with van der Waals surface area (Å²) in [5.74, 6) is 1.27. The lowest BCUT2D eigenvalue weighted by Crippen LogP contribution is -2.17. The third kappa shape index (κ3) is 8.00. The van der Waals surface area contributed by atoms with Crippen molar-refractivity contribution in [3.63, 3.8) is 0 Å². The topological polar surface area (TPSA) is 35.5 Å². The second-order valence-electron chi connectivity index (χ2n) is 8.66. The molecule has 0 heterocycles. The van der Waals surface area contributed by atoms with Crippen LogP contribution in [0.1, 0.15) is 101 Å². The van der Waals surface area contributed by atoms with Crippen LogP contribution < -0.4 is 9.47 Å². The van der Waals surface area contributed by atoms with Crippen LogP contribution in [0.4, 0.5) is 4.79 Å². The largest absolute Gasteiger partial charge is 0.519 e. The Kier molecular flexibility index (Phi) is 11.9. The molecule has 176 valence electrons. The normalized spacial score (nSPS) is 10.9. The molecule has 0 unspecified atom stereocenters. The molecular weight excluding hydrogens is 396 g/mol. The van der Waals surface area contributed by atoms with Crippen molar-refractivity contribution in [2.24, 2.45) is 0 Å². The Balaban J connectivity index is 2.28. The fourth-order valence-electron chi connectivity index (χ4n) is 4.09. The molecule has 0 amide bonds. The van der Waals surface area contributed by atoms with Gasteiger partial charge in [0, 0.05) is 0 Å². The predicted octanol–water partition coefficient (Wildman–Crippen LogP) is 8.63. The van der Waals surface area contributed by atoms with Crippen molar-refractivity contribution in [2.45, 2.75) is 105 Å². The molecule has 0 fully saturated rings. The summed E-state index contributed by atoms with van der Waals surface area (Å²) in [4.78, 5) is 12.8. The van der Waals surface area contributed by atoms with Crippen LogP contribution >= 0.6 is 0 Å². The van der Waals surface area contributed by atoms with Crippen LogP contribution in [0.5, 0.6) is 11.5 Å². The third-order valence-corrected chi connectivity index (χ3v) is 6.00. The van der Waals surface area contributed by atoms with Crippen molar-refractivity contribution in [2.75, 3.05) is 0 Å². The zero-order chi connectivity index (χ0) is 23.2. The highest BCUT2D eigenvalue weighted by molar-refractivity contribution is 5.68. The average Bonchev–Trinajstić information content (AvgIpc) is 2.80. The summed E-state index contributed by atoms with van der Waals surface area (Å²) >= 11 is 0. The van der Waals surface area contributed by atoms with Crippen LogP contribution in [0, 0.1) is 0 Å². The Bertz CT molecular complexity index is 825. The van der Waals surface area contributed by atoms with Crippen LogP contribution in [0.15, 0.2) is 36.4 Å². The first kappa shape index (κ1) is 26.0. The Hall–Kier alpha value is -2.29. The van der Waals surface area contributed by atoms with Gasteiger partial charge in [0.1, 0.15) is 11.5 Å². The van der Waals surface area contributed by atoms with E-state index in [1.165, 1.54) is 29.5 Å². The average molecular weight is 439 g/mol. The van der Waals surface area contributed by atoms with Gasteiger partial charge in [-0.1, -0.05) is 77.6 Å². The first-order valence-electron chi connectivity index (χ1n) is 12.8. The van der Waals surface area contributed by atoms with E-state index in [-0.39, 0.29) is 0 Å². The number of unbranched alkanes of at least 4 members (excludes halogenated alkanes) is 4. The second-order valence-corrected chi connectivity index (χ2v) is 8.66. The molecule has 0 spiro atoms. The minimum absolute atomic E-state index is 0.604. The third-order valence-electron chi connectivity index (χ3n) is 6.00. The number of aryl methyl sites for hydroxylation is 2. The molecule has 3 nitrogen and oxygen atoms in total. The smallest absolute Gasteiger partial charge is 0.394 e. The summed E-state index contributed by atoms with van der Waals surface area (Å²) in [5, 5.41) is 0. The molecule has 32 heavy (non-hydrogen) atoms. The number of hydrogen-bond acceptors (Lipinski definition) is 3. The molecule has 0 N–H and O–H groups in total. The highest BCUT2D eigenvalue weighted by Gasteiger charge is 2.18. The lowest BCUT2D eigenvalue weighted by molar-refractivity contribution is 0.151. The maximum Gasteiger partial charge on any atom is 0.519 e. The van der Waals surface area contributed by atoms with Crippen molar-refractivity contribution in [3.05, 3.63) is 58.7 Å². The molecule has 2 aromatic carbocycles. The second kappa shape index (κ2) is 14.7. The molecule has 0 radical (unpaired) electrons. The summed E-state index contributed by atoms with van der Waals surface area (Å²) in [6, 6.07) is 11.9. The van der Waals surface area contributed by atoms with Crippen LogP contribution in [-0.4, -0.2) is 6.16 Å². The number of hydrogen-bond donors (Lipinski definition) is 0. The summed E-state index contributed by atoms with van der Waals surface area (Å²) in [6.45, 7) is 8.82. The summed E-state index contributed by atoms with van der Waals surface area (Å²) in [6.07, 6.45) is 12.4. The maximum absolute atomic E-state index is 12.8. The molecular formula is C29H42O3. The number of carbonyl (C=O) groups is 1. The van der Waals surface area contributed by atoms with E-state index in [2.05, 4.69) is 33.8 Å². The van der Waals surface area contributed by atoms with Crippen molar-refractivity contribution < 1.29 is 14.3 Å². The predicted molar refractivity (Wildman–Crippen MR) is 134 cm³/mol. The van der Waals surface area contributed by atoms with Gasteiger partial charge in [0.05, 0.1) is 0 Å². The highest BCUT2D eigenvalue weighted by atomic mass is 16.7. The lowest BCUT2D eigenvalue weighted by Gasteiger charge is -2.19. The Morgan fingerprint density at radius 2 is 1.12 bits per heavy atom. The van der Waals surface area contributed by atoms with E-state index >= 15 is 0 Å². The summed E-state index contributed by atoms with van der Waals surface area (Å²) in [5.41, 5.74) is 5.06. The molecule has 0 aliphatic carbocycles. The number of para-hydroxylation sites is 1. The fourth-order valence-corrected chi connectivity index (χ4v) is 4.09. The highest BCUT2D eigenvalue weighted by Crippen LogP contribution is 2.31. The van der Waals surface area contributed by atoms with E-state index in [1.807, 2.05) is 30.3 Å². The summed E-state index contributed by atoms with van der Waals surface area (Å²) < 4.78 is 11.5. The van der Waals surface area contributed by atoms with Crippen molar-refractivity contribution in [1.82, 2.24) is 0 Å². The quantitative estimate of drug-likeness (QED) is 0.219. The van der Waals surface area contributed by atoms with Gasteiger partial charge in [-0.15, -0.1) is 0 Å². The van der Waals surface area contributed by atoms with Crippen molar-refractivity contribution in [3.8, 4) is 11.5 Å². The van der Waals surface area contributed by atoms with Crippen molar-refractivity contribution in [1.29, 1.82) is 0 Å². The van der Waals surface area contributed by atoms with Gasteiger partial charge in [-0.2, -0.15) is 0 Å². The molecule has 0 saturated heterocycles. The van der Waals surface area contributed by atoms with Crippen LogP contribution in [0.2, 0.25) is 0 Å². The van der Waals surface area contributed by atoms with E-state index < -0.39 is 6.16 Å². The first-order chi connectivity index (χ1) is 15.6. The minimum atomic E-state index is -0.644. The van der Waals surface area contributed by atoms with E-state index in [0.717, 1.165) is 69.8 Å². The van der Waals surface area contributed by atoms with Gasteiger partial charge in [-0.05, 0) is 85.8 Å². The van der Waals surface area contributed by atoms with Gasteiger partial charge in [-0.3, -0.25) is 0 Å². The van der Waals surface area contributed by atoms with E-state index in [9.17, 15) is 4.79 Å². The van der Waals surface area contributed by atoms with Gasteiger partial charge in [0.2, 0.25) is 0 Å². The number of ether oxygens (including phenoxy) is 2. The van der Waals surface area contributed by atoms with Crippen LogP contribution in [-0.2, 0) is 25.7 Å². The SMILES string of the molecule is CCCCc1ccccc1OC(=O)Oc1ccc(CCCC)c(CCCC)c1CCCC. The van der Waals surface area contributed by atoms with Gasteiger partial charge >= 0.3 is 6.16 Å². The van der Waals surface area contributed by atoms with Gasteiger partial charge in [-0.25, -0.2) is 4.79 Å². The molecule has 2 rings (SSSR count). The van der Waals surface area contributed by atoms with E-state index in [0.29, 0.717) is 11.5 Å². The molecule has 0 atom stereocenters. The molecule has 0 bridgehead atoms. The lowest BCUT2D eigenvalue weighted by atomic mass is 9.90. The molecule has 3 heteroatoms. The zero-order valence-corrected chi connectivity index (χ0v) is 20.7. The Morgan fingerprint density at radius 1 is 0.594 bits per heavy atom. The van der Waals surface area contributed by atoms with Crippen LogP contribution in [0.25, 0.3) is 0 Å². The first-order valence-corrected chi connectivity index (χ1v) is 12.8. The number of carbonyl (C=O) groups excluding carboxylic acids is 1. The van der Waals surface area contributed by atoms with Gasteiger partial charge in [0.15, 0.2) is 0 Å². The molecule has 0 aliphatic heterocycles. The van der Waals surface area contributed by atoms with E-state index in [4.69, 9.17) is 9.47 Å². The Morgan fingerprint density at radius 3 is 1.78 bits per heavy atom. The van der Waals surface area contributed by atoms with Gasteiger partial charge in [0.25, 0.3) is 0 Å². The van der Waals surface area contributed by atoms with Crippen molar-refractivity contribution >= 4 is 6.16 Å². The van der Waals surface area contributed by atoms with Gasteiger partial charge < -0.3 is 9.47 Å². The Labute approximate surface area is 195 Å². The van der Waals surface area contributed by atoms with E-state index in [1.54, 1.807) is 0 Å². The fraction of sp³-hybridized carbons (Fsp3) is 0.552. The molecule has 0 aliphatic rings. The zero-order valence-electron chi connectivity index (χ0n) is 20.7. The molecule has 0 saturated carbocycles. The number of benzene rings is 2. The molecule has 2 aromatic rings. The standard InChI is InChI=1S/C29H42O3/c1-5-9-15-23-21-22-28(26(19-12-8-4)25(23)18-11-7-3)32-29(30)31-27-20-14-13-17-24(27)16-10-6-2/h13-14,17,20-22H,5-12,15-16,18-19H2,1-4H3. The maximum atomic E-state index is 12.8. The monoisotopic (exact) mass is 438 g/mol. The minimum Gasteiger partial charge on any atom is -0.394 e. The van der Waals surface area contributed by atoms with Crippen LogP contribution in [0.3, 0.4) is 0 Å².